The van der Waals surface area contributed by atoms with Crippen molar-refractivity contribution in [2.24, 2.45) is 0 Å². The van der Waals surface area contributed by atoms with Gasteiger partial charge in [-0.15, -0.1) is 0 Å². The zero-order valence-electron chi connectivity index (χ0n) is 13.0. The third-order valence-electron chi connectivity index (χ3n) is 4.42. The van der Waals surface area contributed by atoms with Gasteiger partial charge in [-0.3, -0.25) is 4.79 Å². The van der Waals surface area contributed by atoms with E-state index >= 15 is 0 Å². The first-order chi connectivity index (χ1) is 11.7. The zero-order valence-corrected chi connectivity index (χ0v) is 13.0. The second kappa shape index (κ2) is 6.09. The molecule has 2 heterocycles. The first-order valence-corrected chi connectivity index (χ1v) is 7.95. The molecule has 5 heteroatoms. The van der Waals surface area contributed by atoms with Crippen LogP contribution in [-0.4, -0.2) is 35.5 Å². The number of ether oxygens (including phenoxy) is 1. The maximum atomic E-state index is 13.1. The molecule has 4 rings (SSSR count). The van der Waals surface area contributed by atoms with Gasteiger partial charge in [-0.2, -0.15) is 0 Å². The van der Waals surface area contributed by atoms with E-state index < -0.39 is 0 Å². The van der Waals surface area contributed by atoms with Gasteiger partial charge in [-0.05, 0) is 23.8 Å². The van der Waals surface area contributed by atoms with Crippen molar-refractivity contribution in [1.29, 1.82) is 0 Å². The number of hydrogen-bond acceptors (Lipinski definition) is 2. The molecule has 0 aliphatic carbocycles. The summed E-state index contributed by atoms with van der Waals surface area (Å²) in [5.74, 6) is -0.288. The lowest BCUT2D eigenvalue weighted by Crippen LogP contribution is -2.42. The zero-order chi connectivity index (χ0) is 16.5. The van der Waals surface area contributed by atoms with Crippen molar-refractivity contribution < 1.29 is 13.9 Å². The van der Waals surface area contributed by atoms with E-state index in [1.165, 1.54) is 12.1 Å². The molecule has 1 aliphatic rings. The van der Waals surface area contributed by atoms with Gasteiger partial charge in [0.15, 0.2) is 0 Å². The van der Waals surface area contributed by atoms with Gasteiger partial charge in [0, 0.05) is 23.6 Å². The molecular formula is C19H17FN2O2. The number of para-hydroxylation sites is 1. The van der Waals surface area contributed by atoms with Crippen molar-refractivity contribution in [3.63, 3.8) is 0 Å². The number of H-pyrrole nitrogens is 1. The standard InChI is InChI=1S/C19H17FN2O2/c20-14-7-5-13(6-8-14)18-12-22(9-10-24-18)19(23)16-11-21-17-4-2-1-3-15(16)17/h1-8,11,18,21H,9-10,12H2. The number of nitrogens with zero attached hydrogens (tertiary/aromatic N) is 1. The number of carbonyl (C=O) groups is 1. The highest BCUT2D eigenvalue weighted by Crippen LogP contribution is 2.25. The van der Waals surface area contributed by atoms with Crippen molar-refractivity contribution in [2.75, 3.05) is 19.7 Å². The van der Waals surface area contributed by atoms with E-state index in [0.717, 1.165) is 16.5 Å². The number of amides is 1. The second-order valence-corrected chi connectivity index (χ2v) is 5.91. The minimum Gasteiger partial charge on any atom is -0.370 e. The lowest BCUT2D eigenvalue weighted by molar-refractivity contribution is -0.0227. The molecule has 1 aliphatic heterocycles. The molecule has 3 aromatic rings. The average molecular weight is 324 g/mol. The largest absolute Gasteiger partial charge is 0.370 e. The van der Waals surface area contributed by atoms with E-state index in [2.05, 4.69) is 4.98 Å². The van der Waals surface area contributed by atoms with Crippen LogP contribution in [-0.2, 0) is 4.74 Å². The summed E-state index contributed by atoms with van der Waals surface area (Å²) in [6.07, 6.45) is 1.53. The van der Waals surface area contributed by atoms with Gasteiger partial charge in [0.25, 0.3) is 5.91 Å². The van der Waals surface area contributed by atoms with Crippen LogP contribution in [0.4, 0.5) is 4.39 Å². The molecule has 1 fully saturated rings. The van der Waals surface area contributed by atoms with Gasteiger partial charge in [0.2, 0.25) is 0 Å². The van der Waals surface area contributed by atoms with Crippen molar-refractivity contribution in [3.8, 4) is 0 Å². The molecule has 0 saturated carbocycles. The predicted molar refractivity (Wildman–Crippen MR) is 89.3 cm³/mol. The van der Waals surface area contributed by atoms with Crippen LogP contribution < -0.4 is 0 Å². The van der Waals surface area contributed by atoms with Gasteiger partial charge in [-0.1, -0.05) is 30.3 Å². The van der Waals surface area contributed by atoms with E-state index in [4.69, 9.17) is 4.74 Å². The molecule has 2 aromatic carbocycles. The maximum absolute atomic E-state index is 13.1. The number of aromatic amines is 1. The summed E-state index contributed by atoms with van der Waals surface area (Å²) in [5, 5.41) is 0.923. The molecule has 1 N–H and O–H groups in total. The monoisotopic (exact) mass is 324 g/mol. The highest BCUT2D eigenvalue weighted by atomic mass is 19.1. The molecule has 0 spiro atoms. The first-order valence-electron chi connectivity index (χ1n) is 7.95. The number of benzene rings is 2. The van der Waals surface area contributed by atoms with Crippen LogP contribution in [0.5, 0.6) is 0 Å². The van der Waals surface area contributed by atoms with E-state index in [1.807, 2.05) is 24.3 Å². The molecule has 1 atom stereocenters. The third kappa shape index (κ3) is 2.67. The number of hydrogen-bond donors (Lipinski definition) is 1. The third-order valence-corrected chi connectivity index (χ3v) is 4.42. The van der Waals surface area contributed by atoms with Crippen molar-refractivity contribution >= 4 is 16.8 Å². The number of fused-ring (bicyclic) bond motifs is 1. The van der Waals surface area contributed by atoms with E-state index in [0.29, 0.717) is 25.3 Å². The molecule has 4 nitrogen and oxygen atoms in total. The molecule has 0 bridgehead atoms. The van der Waals surface area contributed by atoms with E-state index in [-0.39, 0.29) is 17.8 Å². The molecule has 1 unspecified atom stereocenters. The Morgan fingerprint density at radius 2 is 1.96 bits per heavy atom. The maximum Gasteiger partial charge on any atom is 0.256 e. The number of rotatable bonds is 2. The fraction of sp³-hybridized carbons (Fsp3) is 0.211. The van der Waals surface area contributed by atoms with Gasteiger partial charge in [-0.25, -0.2) is 4.39 Å². The highest BCUT2D eigenvalue weighted by Gasteiger charge is 2.27. The highest BCUT2D eigenvalue weighted by molar-refractivity contribution is 6.06. The minimum atomic E-state index is -0.277. The van der Waals surface area contributed by atoms with Crippen LogP contribution in [0, 0.1) is 5.82 Å². The summed E-state index contributed by atoms with van der Waals surface area (Å²) in [5.41, 5.74) is 2.50. The quantitative estimate of drug-likeness (QED) is 0.784. The lowest BCUT2D eigenvalue weighted by atomic mass is 10.1. The second-order valence-electron chi connectivity index (χ2n) is 5.91. The lowest BCUT2D eigenvalue weighted by Gasteiger charge is -2.33. The molecule has 1 saturated heterocycles. The van der Waals surface area contributed by atoms with Gasteiger partial charge < -0.3 is 14.6 Å². The smallest absolute Gasteiger partial charge is 0.256 e. The van der Waals surface area contributed by atoms with Crippen molar-refractivity contribution in [3.05, 3.63) is 71.7 Å². The van der Waals surface area contributed by atoms with Crippen LogP contribution in [0.15, 0.2) is 54.7 Å². The predicted octanol–water partition coefficient (Wildman–Crippen LogP) is 3.52. The Bertz CT molecular complexity index is 872. The Kier molecular flexibility index (Phi) is 3.78. The number of carbonyl (C=O) groups excluding carboxylic acids is 1. The summed E-state index contributed by atoms with van der Waals surface area (Å²) in [7, 11) is 0. The number of morpholine rings is 1. The van der Waals surface area contributed by atoms with Crippen LogP contribution >= 0.6 is 0 Å². The fourth-order valence-electron chi connectivity index (χ4n) is 3.13. The van der Waals surface area contributed by atoms with E-state index in [1.54, 1.807) is 23.2 Å². The van der Waals surface area contributed by atoms with Crippen molar-refractivity contribution in [2.45, 2.75) is 6.10 Å². The molecule has 1 amide bonds. The summed E-state index contributed by atoms with van der Waals surface area (Å²) in [6.45, 7) is 1.48. The topological polar surface area (TPSA) is 45.3 Å². The normalized spacial score (nSPS) is 18.0. The van der Waals surface area contributed by atoms with Gasteiger partial charge in [0.05, 0.1) is 18.7 Å². The molecule has 0 radical (unpaired) electrons. The fourth-order valence-corrected chi connectivity index (χ4v) is 3.13. The SMILES string of the molecule is O=C(c1c[nH]c2ccccc12)N1CCOC(c2ccc(F)cc2)C1. The Morgan fingerprint density at radius 3 is 2.79 bits per heavy atom. The minimum absolute atomic E-state index is 0.0112. The van der Waals surface area contributed by atoms with Crippen molar-refractivity contribution in [1.82, 2.24) is 9.88 Å². The summed E-state index contributed by atoms with van der Waals surface area (Å²) < 4.78 is 18.8. The number of aromatic nitrogens is 1. The van der Waals surface area contributed by atoms with Crippen LogP contribution in [0.2, 0.25) is 0 Å². The summed E-state index contributed by atoms with van der Waals surface area (Å²) in [6, 6.07) is 14.0. The van der Waals surface area contributed by atoms with E-state index in [9.17, 15) is 9.18 Å². The average Bonchev–Trinajstić information content (AvgIpc) is 3.06. The Hall–Kier alpha value is -2.66. The summed E-state index contributed by atoms with van der Waals surface area (Å²) in [4.78, 5) is 17.8. The Labute approximate surface area is 138 Å². The molecule has 122 valence electrons. The molecule has 1 aromatic heterocycles. The Balaban J connectivity index is 1.57. The van der Waals surface area contributed by atoms with Gasteiger partial charge >= 0.3 is 0 Å². The summed E-state index contributed by atoms with van der Waals surface area (Å²) >= 11 is 0. The van der Waals surface area contributed by atoms with Gasteiger partial charge in [0.1, 0.15) is 11.9 Å². The molecular weight excluding hydrogens is 307 g/mol. The molecule has 24 heavy (non-hydrogen) atoms. The Morgan fingerprint density at radius 1 is 1.17 bits per heavy atom. The first kappa shape index (κ1) is 14.9. The van der Waals surface area contributed by atoms with Crippen LogP contribution in [0.25, 0.3) is 10.9 Å². The number of nitrogens with one attached hydrogen (secondary N) is 1. The van der Waals surface area contributed by atoms with Crippen LogP contribution in [0.1, 0.15) is 22.0 Å². The number of halogens is 1. The van der Waals surface area contributed by atoms with Crippen LogP contribution in [0.3, 0.4) is 0 Å².